The largest absolute Gasteiger partial charge is 0.0654 e. The molecule has 1 saturated carbocycles. The molecule has 100 valence electrons. The van der Waals surface area contributed by atoms with E-state index in [4.69, 9.17) is 0 Å². The molecule has 1 aromatic rings. The molecular formula is C18H28. The fourth-order valence-electron chi connectivity index (χ4n) is 3.44. The van der Waals surface area contributed by atoms with Crippen LogP contribution in [0.4, 0.5) is 0 Å². The van der Waals surface area contributed by atoms with Crippen LogP contribution in [-0.4, -0.2) is 0 Å². The van der Waals surface area contributed by atoms with Gasteiger partial charge in [-0.05, 0) is 55.1 Å². The fraction of sp³-hybridized carbons (Fsp3) is 0.667. The van der Waals surface area contributed by atoms with Crippen LogP contribution in [0.25, 0.3) is 0 Å². The highest BCUT2D eigenvalue weighted by Crippen LogP contribution is 2.37. The summed E-state index contributed by atoms with van der Waals surface area (Å²) in [5.41, 5.74) is 3.09. The fourth-order valence-corrected chi connectivity index (χ4v) is 3.44. The number of hydrogen-bond acceptors (Lipinski definition) is 0. The molecule has 0 aliphatic heterocycles. The Kier molecular flexibility index (Phi) is 5.28. The molecule has 0 bridgehead atoms. The summed E-state index contributed by atoms with van der Waals surface area (Å²) in [6, 6.07) is 9.46. The van der Waals surface area contributed by atoms with Gasteiger partial charge < -0.3 is 0 Å². The Bertz CT molecular complexity index is 328. The second-order valence-corrected chi connectivity index (χ2v) is 6.00. The highest BCUT2D eigenvalue weighted by molar-refractivity contribution is 5.25. The van der Waals surface area contributed by atoms with E-state index in [0.29, 0.717) is 0 Å². The van der Waals surface area contributed by atoms with Crippen molar-refractivity contribution in [2.75, 3.05) is 0 Å². The highest BCUT2D eigenvalue weighted by atomic mass is 14.3. The lowest BCUT2D eigenvalue weighted by molar-refractivity contribution is 0.308. The Morgan fingerprint density at radius 1 is 0.889 bits per heavy atom. The van der Waals surface area contributed by atoms with Crippen LogP contribution < -0.4 is 0 Å². The molecule has 0 saturated heterocycles. The van der Waals surface area contributed by atoms with Crippen molar-refractivity contribution in [3.63, 3.8) is 0 Å². The molecule has 18 heavy (non-hydrogen) atoms. The van der Waals surface area contributed by atoms with Gasteiger partial charge in [0, 0.05) is 0 Å². The molecule has 0 atom stereocenters. The molecule has 0 heteroatoms. The first-order valence-electron chi connectivity index (χ1n) is 7.92. The van der Waals surface area contributed by atoms with Crippen LogP contribution in [0.5, 0.6) is 0 Å². The molecule has 0 heterocycles. The van der Waals surface area contributed by atoms with Crippen molar-refractivity contribution in [3.05, 3.63) is 35.4 Å². The Morgan fingerprint density at radius 3 is 2.11 bits per heavy atom. The van der Waals surface area contributed by atoms with E-state index >= 15 is 0 Å². The van der Waals surface area contributed by atoms with Gasteiger partial charge in [0.2, 0.25) is 0 Å². The predicted octanol–water partition coefficient (Wildman–Crippen LogP) is 5.71. The zero-order valence-electron chi connectivity index (χ0n) is 12.1. The summed E-state index contributed by atoms with van der Waals surface area (Å²) in [5.74, 6) is 1.86. The number of benzene rings is 1. The number of rotatable bonds is 5. The highest BCUT2D eigenvalue weighted by Gasteiger charge is 2.21. The first kappa shape index (κ1) is 13.6. The zero-order valence-corrected chi connectivity index (χ0v) is 12.1. The Balaban J connectivity index is 1.89. The van der Waals surface area contributed by atoms with Crippen LogP contribution >= 0.6 is 0 Å². The molecule has 1 fully saturated rings. The van der Waals surface area contributed by atoms with Gasteiger partial charge in [-0.2, -0.15) is 0 Å². The third-order valence-electron chi connectivity index (χ3n) is 4.53. The molecule has 0 radical (unpaired) electrons. The second-order valence-electron chi connectivity index (χ2n) is 6.00. The standard InChI is InChI=1S/C18H28/c1-3-5-15-7-11-17(12-8-15)18-13-9-16(6-4-2)10-14-18/h7-8,11-12,16,18H,3-6,9-10,13-14H2,1-2H3/t16-,18+. The van der Waals surface area contributed by atoms with Gasteiger partial charge in [0.05, 0.1) is 0 Å². The molecule has 0 nitrogen and oxygen atoms in total. The summed E-state index contributed by atoms with van der Waals surface area (Å²) in [4.78, 5) is 0. The molecule has 0 amide bonds. The molecule has 0 spiro atoms. The first-order valence-corrected chi connectivity index (χ1v) is 7.92. The van der Waals surface area contributed by atoms with E-state index in [1.165, 1.54) is 56.9 Å². The minimum absolute atomic E-state index is 0.841. The van der Waals surface area contributed by atoms with Gasteiger partial charge in [-0.1, -0.05) is 57.4 Å². The lowest BCUT2D eigenvalue weighted by Gasteiger charge is -2.28. The maximum absolute atomic E-state index is 2.38. The van der Waals surface area contributed by atoms with Gasteiger partial charge >= 0.3 is 0 Å². The quantitative estimate of drug-likeness (QED) is 0.622. The molecule has 0 aromatic heterocycles. The normalized spacial score (nSPS) is 24.1. The zero-order chi connectivity index (χ0) is 12.8. The van der Waals surface area contributed by atoms with Crippen LogP contribution in [0, 0.1) is 5.92 Å². The van der Waals surface area contributed by atoms with E-state index in [-0.39, 0.29) is 0 Å². The van der Waals surface area contributed by atoms with E-state index < -0.39 is 0 Å². The Morgan fingerprint density at radius 2 is 1.56 bits per heavy atom. The van der Waals surface area contributed by atoms with Crippen molar-refractivity contribution in [1.82, 2.24) is 0 Å². The van der Waals surface area contributed by atoms with Crippen molar-refractivity contribution >= 4 is 0 Å². The van der Waals surface area contributed by atoms with Crippen LogP contribution in [0.1, 0.15) is 75.8 Å². The van der Waals surface area contributed by atoms with Crippen LogP contribution in [0.15, 0.2) is 24.3 Å². The predicted molar refractivity (Wildman–Crippen MR) is 80.0 cm³/mol. The Labute approximate surface area is 113 Å². The molecule has 1 aliphatic rings. The van der Waals surface area contributed by atoms with E-state index in [2.05, 4.69) is 38.1 Å². The SMILES string of the molecule is CCCc1ccc([C@H]2CC[C@@H](CCC)CC2)cc1. The van der Waals surface area contributed by atoms with Crippen molar-refractivity contribution < 1.29 is 0 Å². The molecule has 1 aliphatic carbocycles. The van der Waals surface area contributed by atoms with Gasteiger partial charge in [-0.15, -0.1) is 0 Å². The van der Waals surface area contributed by atoms with E-state index in [1.54, 1.807) is 5.56 Å². The van der Waals surface area contributed by atoms with E-state index in [9.17, 15) is 0 Å². The van der Waals surface area contributed by atoms with Crippen LogP contribution in [-0.2, 0) is 6.42 Å². The minimum Gasteiger partial charge on any atom is -0.0654 e. The monoisotopic (exact) mass is 244 g/mol. The van der Waals surface area contributed by atoms with Crippen molar-refractivity contribution in [3.8, 4) is 0 Å². The van der Waals surface area contributed by atoms with Gasteiger partial charge in [0.15, 0.2) is 0 Å². The third-order valence-corrected chi connectivity index (χ3v) is 4.53. The van der Waals surface area contributed by atoms with Gasteiger partial charge in [-0.3, -0.25) is 0 Å². The van der Waals surface area contributed by atoms with Gasteiger partial charge in [0.25, 0.3) is 0 Å². The number of hydrogen-bond donors (Lipinski definition) is 0. The summed E-state index contributed by atoms with van der Waals surface area (Å²) in [6.45, 7) is 4.57. The summed E-state index contributed by atoms with van der Waals surface area (Å²) in [6.07, 6.45) is 11.0. The topological polar surface area (TPSA) is 0 Å². The summed E-state index contributed by atoms with van der Waals surface area (Å²) >= 11 is 0. The second kappa shape index (κ2) is 6.97. The third kappa shape index (κ3) is 3.60. The molecule has 0 unspecified atom stereocenters. The molecular weight excluding hydrogens is 216 g/mol. The lowest BCUT2D eigenvalue weighted by atomic mass is 9.77. The molecule has 2 rings (SSSR count). The molecule has 0 N–H and O–H groups in total. The van der Waals surface area contributed by atoms with Crippen LogP contribution in [0.2, 0.25) is 0 Å². The maximum Gasteiger partial charge on any atom is -0.0162 e. The van der Waals surface area contributed by atoms with Crippen molar-refractivity contribution in [2.24, 2.45) is 5.92 Å². The maximum atomic E-state index is 2.38. The average molecular weight is 244 g/mol. The van der Waals surface area contributed by atoms with Gasteiger partial charge in [-0.25, -0.2) is 0 Å². The minimum atomic E-state index is 0.841. The van der Waals surface area contributed by atoms with Crippen LogP contribution in [0.3, 0.4) is 0 Å². The van der Waals surface area contributed by atoms with E-state index in [0.717, 1.165) is 11.8 Å². The smallest absolute Gasteiger partial charge is 0.0162 e. The summed E-state index contributed by atoms with van der Waals surface area (Å²) in [5, 5.41) is 0. The van der Waals surface area contributed by atoms with Crippen molar-refractivity contribution in [2.45, 2.75) is 71.1 Å². The van der Waals surface area contributed by atoms with E-state index in [1.807, 2.05) is 0 Å². The summed E-state index contributed by atoms with van der Waals surface area (Å²) < 4.78 is 0. The van der Waals surface area contributed by atoms with Gasteiger partial charge in [0.1, 0.15) is 0 Å². The number of aryl methyl sites for hydroxylation is 1. The van der Waals surface area contributed by atoms with Crippen molar-refractivity contribution in [1.29, 1.82) is 0 Å². The lowest BCUT2D eigenvalue weighted by Crippen LogP contribution is -2.13. The average Bonchev–Trinajstić information content (AvgIpc) is 2.41. The Hall–Kier alpha value is -0.780. The first-order chi connectivity index (χ1) is 8.83. The molecule has 1 aromatic carbocycles. The summed E-state index contributed by atoms with van der Waals surface area (Å²) in [7, 11) is 0.